The van der Waals surface area contributed by atoms with Crippen molar-refractivity contribution < 1.29 is 0 Å². The molecule has 0 radical (unpaired) electrons. The monoisotopic (exact) mass is 306 g/mol. The Morgan fingerprint density at radius 2 is 1.21 bits per heavy atom. The van der Waals surface area contributed by atoms with Gasteiger partial charge in [0.1, 0.15) is 6.33 Å². The van der Waals surface area contributed by atoms with Crippen LogP contribution in [0, 0.1) is 0 Å². The highest BCUT2D eigenvalue weighted by Gasteiger charge is 2.11. The minimum Gasteiger partial charge on any atom is -0.236 e. The number of benzene rings is 4. The lowest BCUT2D eigenvalue weighted by atomic mass is 9.98. The molecule has 2 nitrogen and oxygen atoms in total. The molecular weight excluding hydrogens is 292 g/mol. The Bertz CT molecular complexity index is 1200. The molecular formula is C22H14N2. The molecule has 0 fully saturated rings. The number of aromatic nitrogens is 2. The van der Waals surface area contributed by atoms with Gasteiger partial charge in [-0.05, 0) is 22.2 Å². The maximum absolute atomic E-state index is 4.62. The normalized spacial score (nSPS) is 11.3. The van der Waals surface area contributed by atoms with Gasteiger partial charge in [-0.2, -0.15) is 0 Å². The van der Waals surface area contributed by atoms with Gasteiger partial charge in [-0.25, -0.2) is 9.97 Å². The van der Waals surface area contributed by atoms with Crippen molar-refractivity contribution >= 4 is 32.4 Å². The van der Waals surface area contributed by atoms with E-state index < -0.39 is 0 Å². The molecule has 112 valence electrons. The number of rotatable bonds is 1. The van der Waals surface area contributed by atoms with Crippen molar-refractivity contribution in [3.8, 4) is 11.3 Å². The average molecular weight is 306 g/mol. The van der Waals surface area contributed by atoms with E-state index in [9.17, 15) is 0 Å². The minimum atomic E-state index is 0.988. The molecule has 1 aromatic heterocycles. The highest BCUT2D eigenvalue weighted by molar-refractivity contribution is 6.11. The molecule has 0 saturated heterocycles. The maximum atomic E-state index is 4.62. The van der Waals surface area contributed by atoms with Gasteiger partial charge < -0.3 is 0 Å². The van der Waals surface area contributed by atoms with E-state index in [2.05, 4.69) is 88.8 Å². The van der Waals surface area contributed by atoms with E-state index in [0.717, 1.165) is 22.2 Å². The molecule has 0 N–H and O–H groups in total. The fourth-order valence-electron chi connectivity index (χ4n) is 3.45. The quantitative estimate of drug-likeness (QED) is 0.376. The lowest BCUT2D eigenvalue weighted by Crippen LogP contribution is -1.91. The second kappa shape index (κ2) is 5.14. The molecule has 1 heterocycles. The first-order chi connectivity index (χ1) is 11.9. The summed E-state index contributed by atoms with van der Waals surface area (Å²) in [4.78, 5) is 9.19. The summed E-state index contributed by atoms with van der Waals surface area (Å²) in [5.41, 5.74) is 3.14. The highest BCUT2D eigenvalue weighted by atomic mass is 14.8. The third kappa shape index (κ3) is 1.90. The summed E-state index contributed by atoms with van der Waals surface area (Å²) in [5.74, 6) is 0. The standard InChI is InChI=1S/C22H14N2/c1-3-9-17-15(6-1)8-5-11-19(17)22-20-13-12-16-7-2-4-10-18(16)21(20)23-14-24-22/h1-14H. The van der Waals surface area contributed by atoms with Gasteiger partial charge >= 0.3 is 0 Å². The molecule has 0 unspecified atom stereocenters. The van der Waals surface area contributed by atoms with Crippen LogP contribution in [0.25, 0.3) is 43.7 Å². The van der Waals surface area contributed by atoms with Crippen molar-refractivity contribution in [2.75, 3.05) is 0 Å². The first kappa shape index (κ1) is 13.2. The van der Waals surface area contributed by atoms with Crippen LogP contribution in [0.4, 0.5) is 0 Å². The Labute approximate surface area is 139 Å². The molecule has 2 heteroatoms. The molecule has 5 rings (SSSR count). The zero-order chi connectivity index (χ0) is 15.9. The van der Waals surface area contributed by atoms with Crippen LogP contribution in [-0.4, -0.2) is 9.97 Å². The van der Waals surface area contributed by atoms with Crippen molar-refractivity contribution in [2.45, 2.75) is 0 Å². The molecule has 5 aromatic rings. The second-order valence-electron chi connectivity index (χ2n) is 5.93. The summed E-state index contributed by atoms with van der Waals surface area (Å²) in [6.07, 6.45) is 1.67. The minimum absolute atomic E-state index is 0.988. The summed E-state index contributed by atoms with van der Waals surface area (Å²) in [6.45, 7) is 0. The van der Waals surface area contributed by atoms with E-state index in [4.69, 9.17) is 0 Å². The zero-order valence-corrected chi connectivity index (χ0v) is 13.0. The number of hydrogen-bond acceptors (Lipinski definition) is 2. The van der Waals surface area contributed by atoms with E-state index in [1.54, 1.807) is 6.33 Å². The lowest BCUT2D eigenvalue weighted by Gasteiger charge is -2.10. The lowest BCUT2D eigenvalue weighted by molar-refractivity contribution is 1.23. The van der Waals surface area contributed by atoms with Crippen molar-refractivity contribution in [3.05, 3.63) is 85.2 Å². The van der Waals surface area contributed by atoms with Crippen LogP contribution >= 0.6 is 0 Å². The van der Waals surface area contributed by atoms with Crippen molar-refractivity contribution in [1.82, 2.24) is 9.97 Å². The van der Waals surface area contributed by atoms with Crippen molar-refractivity contribution in [3.63, 3.8) is 0 Å². The van der Waals surface area contributed by atoms with Gasteiger partial charge in [0.2, 0.25) is 0 Å². The second-order valence-corrected chi connectivity index (χ2v) is 5.93. The van der Waals surface area contributed by atoms with Gasteiger partial charge in [0.25, 0.3) is 0 Å². The Morgan fingerprint density at radius 3 is 2.08 bits per heavy atom. The van der Waals surface area contributed by atoms with Crippen LogP contribution in [0.3, 0.4) is 0 Å². The van der Waals surface area contributed by atoms with Gasteiger partial charge in [-0.1, -0.05) is 72.8 Å². The van der Waals surface area contributed by atoms with Gasteiger partial charge in [-0.3, -0.25) is 0 Å². The van der Waals surface area contributed by atoms with Crippen molar-refractivity contribution in [1.29, 1.82) is 0 Å². The molecule has 0 atom stereocenters. The maximum Gasteiger partial charge on any atom is 0.116 e. The zero-order valence-electron chi connectivity index (χ0n) is 13.0. The Morgan fingerprint density at radius 1 is 0.500 bits per heavy atom. The molecule has 4 aromatic carbocycles. The Balaban J connectivity index is 1.91. The van der Waals surface area contributed by atoms with Crippen LogP contribution in [-0.2, 0) is 0 Å². The van der Waals surface area contributed by atoms with Gasteiger partial charge in [0, 0.05) is 16.3 Å². The molecule has 0 aliphatic heterocycles. The number of nitrogens with zero attached hydrogens (tertiary/aromatic N) is 2. The fourth-order valence-corrected chi connectivity index (χ4v) is 3.45. The van der Waals surface area contributed by atoms with Crippen LogP contribution in [0.2, 0.25) is 0 Å². The molecule has 0 spiro atoms. The third-order valence-corrected chi connectivity index (χ3v) is 4.57. The summed E-state index contributed by atoms with van der Waals surface area (Å²) in [6, 6.07) is 27.4. The number of hydrogen-bond donors (Lipinski definition) is 0. The summed E-state index contributed by atoms with van der Waals surface area (Å²) < 4.78 is 0. The van der Waals surface area contributed by atoms with Crippen molar-refractivity contribution in [2.24, 2.45) is 0 Å². The van der Waals surface area contributed by atoms with Crippen LogP contribution in [0.1, 0.15) is 0 Å². The summed E-state index contributed by atoms with van der Waals surface area (Å²) in [7, 11) is 0. The van der Waals surface area contributed by atoms with E-state index in [0.29, 0.717) is 0 Å². The Kier molecular flexibility index (Phi) is 2.83. The Hall–Kier alpha value is -3.26. The molecule has 0 bridgehead atoms. The van der Waals surface area contributed by atoms with E-state index >= 15 is 0 Å². The smallest absolute Gasteiger partial charge is 0.116 e. The first-order valence-electron chi connectivity index (χ1n) is 8.02. The topological polar surface area (TPSA) is 25.8 Å². The predicted molar refractivity (Wildman–Crippen MR) is 100.0 cm³/mol. The molecule has 24 heavy (non-hydrogen) atoms. The van der Waals surface area contributed by atoms with Crippen LogP contribution < -0.4 is 0 Å². The van der Waals surface area contributed by atoms with E-state index in [1.807, 2.05) is 0 Å². The largest absolute Gasteiger partial charge is 0.236 e. The van der Waals surface area contributed by atoms with E-state index in [-0.39, 0.29) is 0 Å². The summed E-state index contributed by atoms with van der Waals surface area (Å²) in [5, 5.41) is 5.90. The average Bonchev–Trinajstić information content (AvgIpc) is 2.67. The first-order valence-corrected chi connectivity index (χ1v) is 8.02. The third-order valence-electron chi connectivity index (χ3n) is 4.57. The van der Waals surface area contributed by atoms with E-state index in [1.165, 1.54) is 21.5 Å². The van der Waals surface area contributed by atoms with Gasteiger partial charge in [0.15, 0.2) is 0 Å². The SMILES string of the molecule is c1ccc2c(-c3ncnc4c3ccc3ccccc34)cccc2c1. The molecule has 0 aliphatic rings. The molecule has 0 aliphatic carbocycles. The van der Waals surface area contributed by atoms with Crippen LogP contribution in [0.5, 0.6) is 0 Å². The van der Waals surface area contributed by atoms with Gasteiger partial charge in [-0.15, -0.1) is 0 Å². The van der Waals surface area contributed by atoms with Crippen LogP contribution in [0.15, 0.2) is 85.2 Å². The summed E-state index contributed by atoms with van der Waals surface area (Å²) >= 11 is 0. The molecule has 0 saturated carbocycles. The van der Waals surface area contributed by atoms with Gasteiger partial charge in [0.05, 0.1) is 11.2 Å². The molecule has 0 amide bonds. The predicted octanol–water partition coefficient (Wildman–Crippen LogP) is 5.60. The number of fused-ring (bicyclic) bond motifs is 4. The fraction of sp³-hybridized carbons (Fsp3) is 0. The highest BCUT2D eigenvalue weighted by Crippen LogP contribution is 2.33.